The smallest absolute Gasteiger partial charge is 0.274 e. The molecule has 2 N–H and O–H groups in total. The van der Waals surface area contributed by atoms with Crippen LogP contribution in [0.1, 0.15) is 34.6 Å². The average molecular weight is 365 g/mol. The Morgan fingerprint density at radius 2 is 2.12 bits per heavy atom. The molecular weight excluding hydrogens is 343 g/mol. The van der Waals surface area contributed by atoms with Crippen LogP contribution >= 0.6 is 12.4 Å². The topological polar surface area (TPSA) is 64.2 Å². The number of halogens is 2. The van der Waals surface area contributed by atoms with E-state index >= 15 is 0 Å². The first-order valence-corrected chi connectivity index (χ1v) is 8.54. The van der Waals surface area contributed by atoms with E-state index in [1.807, 2.05) is 4.90 Å². The summed E-state index contributed by atoms with van der Waals surface area (Å²) in [4.78, 5) is 14.8. The monoisotopic (exact) mass is 364 g/mol. The molecule has 1 aromatic heterocycles. The van der Waals surface area contributed by atoms with Crippen LogP contribution in [0.4, 0.5) is 4.39 Å². The first kappa shape index (κ1) is 17.9. The van der Waals surface area contributed by atoms with Gasteiger partial charge in [0, 0.05) is 24.3 Å². The molecule has 7 heteroatoms. The van der Waals surface area contributed by atoms with Gasteiger partial charge in [0.25, 0.3) is 5.91 Å². The van der Waals surface area contributed by atoms with Crippen molar-refractivity contribution in [1.82, 2.24) is 14.7 Å². The van der Waals surface area contributed by atoms with E-state index < -0.39 is 0 Å². The number of nitrogens with zero attached hydrogens (tertiary/aromatic N) is 3. The van der Waals surface area contributed by atoms with E-state index in [1.165, 1.54) is 6.07 Å². The fraction of sp³-hybridized carbons (Fsp3) is 0.444. The van der Waals surface area contributed by atoms with Gasteiger partial charge in [-0.3, -0.25) is 4.79 Å². The lowest BCUT2D eigenvalue weighted by Gasteiger charge is -2.15. The van der Waals surface area contributed by atoms with Crippen molar-refractivity contribution < 1.29 is 9.18 Å². The van der Waals surface area contributed by atoms with E-state index in [-0.39, 0.29) is 24.1 Å². The largest absolute Gasteiger partial charge is 0.337 e. The molecule has 0 saturated carbocycles. The van der Waals surface area contributed by atoms with E-state index in [2.05, 4.69) is 5.10 Å². The highest BCUT2D eigenvalue weighted by molar-refractivity contribution is 5.94. The fourth-order valence-electron chi connectivity index (χ4n) is 3.79. The highest BCUT2D eigenvalue weighted by Crippen LogP contribution is 2.30. The molecule has 1 aliphatic heterocycles. The highest BCUT2D eigenvalue weighted by Gasteiger charge is 2.33. The number of carbonyl (C=O) groups excluding carboxylic acids is 1. The van der Waals surface area contributed by atoms with Gasteiger partial charge in [-0.05, 0) is 50.3 Å². The lowest BCUT2D eigenvalue weighted by atomic mass is 10.1. The Labute approximate surface area is 152 Å². The maximum absolute atomic E-state index is 14.2. The highest BCUT2D eigenvalue weighted by atomic mass is 35.5. The van der Waals surface area contributed by atoms with Gasteiger partial charge in [-0.1, -0.05) is 12.1 Å². The molecule has 0 spiro atoms. The molecule has 1 fully saturated rings. The number of fused-ring (bicyclic) bond motifs is 1. The molecular formula is C18H22ClFN4O. The molecule has 0 radical (unpaired) electrons. The van der Waals surface area contributed by atoms with Crippen LogP contribution in [0.2, 0.25) is 0 Å². The Morgan fingerprint density at radius 3 is 2.84 bits per heavy atom. The van der Waals surface area contributed by atoms with Crippen LogP contribution in [0.5, 0.6) is 0 Å². The molecule has 1 amide bonds. The predicted molar refractivity (Wildman–Crippen MR) is 95.9 cm³/mol. The van der Waals surface area contributed by atoms with Gasteiger partial charge in [0.2, 0.25) is 0 Å². The summed E-state index contributed by atoms with van der Waals surface area (Å²) in [6.07, 6.45) is 3.58. The predicted octanol–water partition coefficient (Wildman–Crippen LogP) is 2.34. The number of nitrogens with two attached hydrogens (primary N) is 1. The molecule has 5 nitrogen and oxygen atoms in total. The molecule has 134 valence electrons. The Bertz CT molecular complexity index is 791. The number of benzene rings is 1. The number of hydrogen-bond donors (Lipinski definition) is 1. The van der Waals surface area contributed by atoms with Crippen LogP contribution in [0.3, 0.4) is 0 Å². The van der Waals surface area contributed by atoms with Crippen LogP contribution in [0, 0.1) is 11.7 Å². The summed E-state index contributed by atoms with van der Waals surface area (Å²) in [5, 5.41) is 4.51. The standard InChI is InChI=1S/C18H21FN4O.ClH/c19-14-5-1-2-6-16(14)23-15-7-3-4-13(15)17(21-23)18(24)22-9-8-12(10-20)11-22;/h1-2,5-6,12H,3-4,7-11,20H2;1H. The summed E-state index contributed by atoms with van der Waals surface area (Å²) in [5.74, 6) is 0.00732. The van der Waals surface area contributed by atoms with Crippen molar-refractivity contribution in [2.75, 3.05) is 19.6 Å². The van der Waals surface area contributed by atoms with Gasteiger partial charge in [-0.2, -0.15) is 5.10 Å². The first-order valence-electron chi connectivity index (χ1n) is 8.54. The van der Waals surface area contributed by atoms with Gasteiger partial charge >= 0.3 is 0 Å². The number of hydrogen-bond acceptors (Lipinski definition) is 3. The minimum absolute atomic E-state index is 0. The molecule has 1 aromatic carbocycles. The van der Waals surface area contributed by atoms with Crippen LogP contribution in [0.15, 0.2) is 24.3 Å². The molecule has 2 aromatic rings. The lowest BCUT2D eigenvalue weighted by molar-refractivity contribution is 0.0780. The van der Waals surface area contributed by atoms with Crippen molar-refractivity contribution in [1.29, 1.82) is 0 Å². The van der Waals surface area contributed by atoms with Crippen LogP contribution in [-0.4, -0.2) is 40.2 Å². The summed E-state index contributed by atoms with van der Waals surface area (Å²) in [5.41, 5.74) is 8.58. The minimum Gasteiger partial charge on any atom is -0.337 e. The van der Waals surface area contributed by atoms with Crippen LogP contribution < -0.4 is 5.73 Å². The van der Waals surface area contributed by atoms with Gasteiger partial charge in [-0.15, -0.1) is 12.4 Å². The van der Waals surface area contributed by atoms with E-state index in [4.69, 9.17) is 5.73 Å². The van der Waals surface area contributed by atoms with Gasteiger partial charge in [-0.25, -0.2) is 9.07 Å². The summed E-state index contributed by atoms with van der Waals surface area (Å²) >= 11 is 0. The normalized spacial score (nSPS) is 19.0. The van der Waals surface area contributed by atoms with E-state index in [9.17, 15) is 9.18 Å². The third-order valence-electron chi connectivity index (χ3n) is 5.12. The zero-order chi connectivity index (χ0) is 16.7. The van der Waals surface area contributed by atoms with Crippen LogP contribution in [-0.2, 0) is 12.8 Å². The van der Waals surface area contributed by atoms with Crippen molar-refractivity contribution in [3.63, 3.8) is 0 Å². The lowest BCUT2D eigenvalue weighted by Crippen LogP contribution is -2.30. The second-order valence-corrected chi connectivity index (χ2v) is 6.63. The number of amides is 1. The SMILES string of the molecule is Cl.NCC1CCN(C(=O)c2nn(-c3ccccc3F)c3c2CCC3)C1. The number of para-hydroxylation sites is 1. The first-order chi connectivity index (χ1) is 11.7. The van der Waals surface area contributed by atoms with Gasteiger partial charge in [0.05, 0.1) is 0 Å². The van der Waals surface area contributed by atoms with E-state index in [0.29, 0.717) is 30.4 Å². The molecule has 2 aliphatic rings. The van der Waals surface area contributed by atoms with E-state index in [1.54, 1.807) is 22.9 Å². The molecule has 1 atom stereocenters. The van der Waals surface area contributed by atoms with Crippen molar-refractivity contribution in [3.8, 4) is 5.69 Å². The van der Waals surface area contributed by atoms with Crippen molar-refractivity contribution in [2.24, 2.45) is 11.7 Å². The maximum atomic E-state index is 14.2. The summed E-state index contributed by atoms with van der Waals surface area (Å²) < 4.78 is 15.8. The second kappa shape index (κ2) is 7.14. The fourth-order valence-corrected chi connectivity index (χ4v) is 3.79. The Morgan fingerprint density at radius 1 is 1.32 bits per heavy atom. The van der Waals surface area contributed by atoms with Crippen molar-refractivity contribution in [2.45, 2.75) is 25.7 Å². The third kappa shape index (κ3) is 3.04. The number of likely N-dealkylation sites (tertiary alicyclic amines) is 1. The summed E-state index contributed by atoms with van der Waals surface area (Å²) in [6.45, 7) is 2.02. The quantitative estimate of drug-likeness (QED) is 0.909. The summed E-state index contributed by atoms with van der Waals surface area (Å²) in [6, 6.07) is 6.57. The van der Waals surface area contributed by atoms with Crippen molar-refractivity contribution >= 4 is 18.3 Å². The minimum atomic E-state index is -0.321. The molecule has 1 saturated heterocycles. The molecule has 0 bridgehead atoms. The van der Waals surface area contributed by atoms with Gasteiger partial charge in [0.15, 0.2) is 5.69 Å². The van der Waals surface area contributed by atoms with Crippen molar-refractivity contribution in [3.05, 3.63) is 47.0 Å². The van der Waals surface area contributed by atoms with Gasteiger partial charge < -0.3 is 10.6 Å². The Hall–Kier alpha value is -1.92. The third-order valence-corrected chi connectivity index (χ3v) is 5.12. The second-order valence-electron chi connectivity index (χ2n) is 6.63. The molecule has 2 heterocycles. The molecule has 25 heavy (non-hydrogen) atoms. The number of aromatic nitrogens is 2. The zero-order valence-corrected chi connectivity index (χ0v) is 14.8. The van der Waals surface area contributed by atoms with E-state index in [0.717, 1.165) is 43.5 Å². The summed E-state index contributed by atoms with van der Waals surface area (Å²) in [7, 11) is 0. The Balaban J connectivity index is 0.00000182. The average Bonchev–Trinajstić information content (AvgIpc) is 3.31. The molecule has 1 unspecified atom stereocenters. The number of carbonyl (C=O) groups is 1. The van der Waals surface area contributed by atoms with Gasteiger partial charge in [0.1, 0.15) is 11.5 Å². The van der Waals surface area contributed by atoms with Crippen LogP contribution in [0.25, 0.3) is 5.69 Å². The maximum Gasteiger partial charge on any atom is 0.274 e. The number of rotatable bonds is 3. The Kier molecular flexibility index (Phi) is 5.11. The molecule has 4 rings (SSSR count). The molecule has 1 aliphatic carbocycles. The zero-order valence-electron chi connectivity index (χ0n) is 13.9.